The van der Waals surface area contributed by atoms with Crippen molar-refractivity contribution in [1.82, 2.24) is 4.90 Å². The number of fused-ring (bicyclic) bond motifs is 8. The number of rotatable bonds is 3. The summed E-state index contributed by atoms with van der Waals surface area (Å²) in [6.45, 7) is 8.17. The number of hydrogen-bond donors (Lipinski definition) is 0. The van der Waals surface area contributed by atoms with Crippen molar-refractivity contribution in [2.24, 2.45) is 0 Å². The Morgan fingerprint density at radius 3 is 2.32 bits per heavy atom. The van der Waals surface area contributed by atoms with E-state index in [1.54, 1.807) is 0 Å². The van der Waals surface area contributed by atoms with Crippen LogP contribution < -0.4 is 0 Å². The van der Waals surface area contributed by atoms with E-state index < -0.39 is 0 Å². The molecule has 2 atom stereocenters. The molecule has 2 bridgehead atoms. The summed E-state index contributed by atoms with van der Waals surface area (Å²) in [6, 6.07) is 15.9. The minimum atomic E-state index is 0.00171. The van der Waals surface area contributed by atoms with Gasteiger partial charge in [0, 0.05) is 11.0 Å². The highest BCUT2D eigenvalue weighted by atomic mass is 79.9. The highest BCUT2D eigenvalue weighted by molar-refractivity contribution is 9.10. The van der Waals surface area contributed by atoms with Gasteiger partial charge in [-0.3, -0.25) is 4.90 Å². The van der Waals surface area contributed by atoms with E-state index in [-0.39, 0.29) is 11.1 Å². The first-order chi connectivity index (χ1) is 10.6. The predicted octanol–water partition coefficient (Wildman–Crippen LogP) is 5.41. The SMILES string of the molecule is CCCN1C2(C)c3ccccc3C1(CC)c1ccc(Br)cc12. The molecule has 0 saturated carbocycles. The monoisotopic (exact) mass is 355 g/mol. The van der Waals surface area contributed by atoms with E-state index in [1.165, 1.54) is 33.1 Å². The molecule has 0 saturated heterocycles. The van der Waals surface area contributed by atoms with Gasteiger partial charge in [-0.05, 0) is 54.2 Å². The maximum Gasteiger partial charge on any atom is 0.0729 e. The predicted molar refractivity (Wildman–Crippen MR) is 95.1 cm³/mol. The van der Waals surface area contributed by atoms with E-state index in [0.717, 1.165) is 13.0 Å². The lowest BCUT2D eigenvalue weighted by molar-refractivity contribution is 0.0827. The van der Waals surface area contributed by atoms with Crippen molar-refractivity contribution in [2.45, 2.75) is 44.7 Å². The molecule has 0 N–H and O–H groups in total. The fraction of sp³-hybridized carbons (Fsp3) is 0.400. The first-order valence-electron chi connectivity index (χ1n) is 8.29. The summed E-state index contributed by atoms with van der Waals surface area (Å²) < 4.78 is 1.18. The van der Waals surface area contributed by atoms with E-state index in [4.69, 9.17) is 0 Å². The van der Waals surface area contributed by atoms with Crippen LogP contribution in [0.5, 0.6) is 0 Å². The van der Waals surface area contributed by atoms with Crippen molar-refractivity contribution < 1.29 is 0 Å². The number of hydrogen-bond acceptors (Lipinski definition) is 1. The average molecular weight is 356 g/mol. The summed E-state index contributed by atoms with van der Waals surface area (Å²) >= 11 is 3.68. The second-order valence-corrected chi connectivity index (χ2v) is 7.59. The summed E-state index contributed by atoms with van der Waals surface area (Å²) in [5, 5.41) is 0. The van der Waals surface area contributed by atoms with Crippen LogP contribution in [-0.4, -0.2) is 11.4 Å². The van der Waals surface area contributed by atoms with Crippen LogP contribution >= 0.6 is 15.9 Å². The Labute approximate surface area is 141 Å². The second-order valence-electron chi connectivity index (χ2n) is 6.67. The lowest BCUT2D eigenvalue weighted by Crippen LogP contribution is -2.44. The van der Waals surface area contributed by atoms with E-state index in [1.807, 2.05) is 0 Å². The van der Waals surface area contributed by atoms with Crippen LogP contribution in [0.2, 0.25) is 0 Å². The van der Waals surface area contributed by atoms with E-state index in [9.17, 15) is 0 Å². The maximum atomic E-state index is 3.68. The fourth-order valence-corrected chi connectivity index (χ4v) is 5.37. The van der Waals surface area contributed by atoms with Crippen molar-refractivity contribution in [1.29, 1.82) is 0 Å². The first kappa shape index (κ1) is 14.5. The zero-order chi connectivity index (χ0) is 15.5. The molecule has 1 nitrogen and oxygen atoms in total. The summed E-state index contributed by atoms with van der Waals surface area (Å²) in [4.78, 5) is 2.75. The van der Waals surface area contributed by atoms with Gasteiger partial charge in [0.05, 0.1) is 11.1 Å². The van der Waals surface area contributed by atoms with Gasteiger partial charge in [-0.25, -0.2) is 0 Å². The van der Waals surface area contributed by atoms with Gasteiger partial charge in [-0.15, -0.1) is 0 Å². The molecule has 2 aromatic carbocycles. The third-order valence-electron chi connectivity index (χ3n) is 5.81. The molecular weight excluding hydrogens is 334 g/mol. The van der Waals surface area contributed by atoms with Gasteiger partial charge in [0.1, 0.15) is 0 Å². The van der Waals surface area contributed by atoms with Gasteiger partial charge in [0.25, 0.3) is 0 Å². The van der Waals surface area contributed by atoms with Crippen molar-refractivity contribution in [3.63, 3.8) is 0 Å². The smallest absolute Gasteiger partial charge is 0.0729 e. The largest absolute Gasteiger partial charge is 0.276 e. The molecule has 22 heavy (non-hydrogen) atoms. The molecule has 2 heteroatoms. The lowest BCUT2D eigenvalue weighted by atomic mass is 9.72. The fourth-order valence-electron chi connectivity index (χ4n) is 5.01. The van der Waals surface area contributed by atoms with Crippen LogP contribution in [0, 0.1) is 0 Å². The molecule has 2 aliphatic heterocycles. The normalized spacial score (nSPS) is 28.7. The quantitative estimate of drug-likeness (QED) is 0.711. The summed E-state index contributed by atoms with van der Waals surface area (Å²) in [5.74, 6) is 0. The van der Waals surface area contributed by atoms with Crippen molar-refractivity contribution in [3.8, 4) is 0 Å². The highest BCUT2D eigenvalue weighted by Gasteiger charge is 2.63. The van der Waals surface area contributed by atoms with Gasteiger partial charge in [-0.1, -0.05) is 60.1 Å². The first-order valence-corrected chi connectivity index (χ1v) is 9.08. The molecule has 2 aliphatic rings. The molecule has 4 rings (SSSR count). The van der Waals surface area contributed by atoms with Crippen LogP contribution in [0.15, 0.2) is 46.9 Å². The zero-order valence-electron chi connectivity index (χ0n) is 13.5. The van der Waals surface area contributed by atoms with Crippen molar-refractivity contribution in [3.05, 3.63) is 69.2 Å². The Balaban J connectivity index is 2.10. The Hall–Kier alpha value is -1.12. The van der Waals surface area contributed by atoms with E-state index in [0.29, 0.717) is 0 Å². The highest BCUT2D eigenvalue weighted by Crippen LogP contribution is 2.64. The lowest BCUT2D eigenvalue weighted by Gasteiger charge is -2.38. The summed E-state index contributed by atoms with van der Waals surface area (Å²) in [6.07, 6.45) is 2.30. The van der Waals surface area contributed by atoms with Crippen LogP contribution in [0.3, 0.4) is 0 Å². The van der Waals surface area contributed by atoms with Crippen LogP contribution in [0.1, 0.15) is 55.9 Å². The number of nitrogens with zero attached hydrogens (tertiary/aromatic N) is 1. The third-order valence-corrected chi connectivity index (χ3v) is 6.30. The molecule has 0 spiro atoms. The molecule has 114 valence electrons. The summed E-state index contributed by atoms with van der Waals surface area (Å²) in [5.41, 5.74) is 6.06. The Morgan fingerprint density at radius 1 is 0.955 bits per heavy atom. The third kappa shape index (κ3) is 1.43. The van der Waals surface area contributed by atoms with E-state index >= 15 is 0 Å². The van der Waals surface area contributed by atoms with Gasteiger partial charge in [0.2, 0.25) is 0 Å². The number of halogens is 1. The molecule has 2 heterocycles. The molecule has 2 unspecified atom stereocenters. The van der Waals surface area contributed by atoms with Crippen molar-refractivity contribution >= 4 is 15.9 Å². The van der Waals surface area contributed by atoms with Crippen LogP contribution in [-0.2, 0) is 11.1 Å². The Morgan fingerprint density at radius 2 is 1.64 bits per heavy atom. The molecule has 2 aromatic rings. The molecule has 0 fully saturated rings. The minimum absolute atomic E-state index is 0.00171. The molecule has 0 radical (unpaired) electrons. The van der Waals surface area contributed by atoms with Gasteiger partial charge in [0.15, 0.2) is 0 Å². The Kier molecular flexibility index (Phi) is 3.08. The standard InChI is InChI=1S/C20H22BrN/c1-4-12-22-19(3)15-8-6-7-9-16(15)20(22,5-2)17-11-10-14(21)13-18(17)19/h6-11,13H,4-5,12H2,1-3H3. The average Bonchev–Trinajstić information content (AvgIpc) is 2.88. The van der Waals surface area contributed by atoms with Crippen LogP contribution in [0.25, 0.3) is 0 Å². The molecule has 0 aliphatic carbocycles. The Bertz CT molecular complexity index is 753. The zero-order valence-corrected chi connectivity index (χ0v) is 15.1. The molecular formula is C20H22BrN. The van der Waals surface area contributed by atoms with Crippen molar-refractivity contribution in [2.75, 3.05) is 6.54 Å². The van der Waals surface area contributed by atoms with E-state index in [2.05, 4.69) is 84.1 Å². The molecule has 0 amide bonds. The van der Waals surface area contributed by atoms with Crippen LogP contribution in [0.4, 0.5) is 0 Å². The minimum Gasteiger partial charge on any atom is -0.276 e. The van der Waals surface area contributed by atoms with Gasteiger partial charge < -0.3 is 0 Å². The second kappa shape index (κ2) is 4.69. The number of benzene rings is 2. The summed E-state index contributed by atoms with van der Waals surface area (Å²) in [7, 11) is 0. The van der Waals surface area contributed by atoms with Gasteiger partial charge in [-0.2, -0.15) is 0 Å². The molecule has 0 aromatic heterocycles. The topological polar surface area (TPSA) is 3.24 Å². The van der Waals surface area contributed by atoms with Gasteiger partial charge >= 0.3 is 0 Å². The maximum absolute atomic E-state index is 3.68.